The molecule has 21 heavy (non-hydrogen) atoms. The molecule has 0 atom stereocenters. The molecule has 114 valence electrons. The van der Waals surface area contributed by atoms with Crippen molar-refractivity contribution in [3.63, 3.8) is 0 Å². The van der Waals surface area contributed by atoms with Gasteiger partial charge < -0.3 is 14.5 Å². The Labute approximate surface area is 125 Å². The Morgan fingerprint density at radius 2 is 2.00 bits per heavy atom. The molecule has 0 N–H and O–H groups in total. The monoisotopic (exact) mass is 289 g/mol. The largest absolute Gasteiger partial charge is 0.483 e. The Kier molecular flexibility index (Phi) is 4.39. The zero-order valence-corrected chi connectivity index (χ0v) is 12.7. The summed E-state index contributed by atoms with van der Waals surface area (Å²) >= 11 is 0. The van der Waals surface area contributed by atoms with Crippen LogP contribution in [-0.4, -0.2) is 60.5 Å². The predicted octanol–water partition coefficient (Wildman–Crippen LogP) is 1.11. The van der Waals surface area contributed by atoms with Crippen molar-refractivity contribution in [2.45, 2.75) is 25.7 Å². The molecular formula is C16H23N3O2. The van der Waals surface area contributed by atoms with Gasteiger partial charge in [-0.1, -0.05) is 0 Å². The second-order valence-corrected chi connectivity index (χ2v) is 5.91. The average molecular weight is 289 g/mol. The standard InChI is InChI=1S/C16H23N3O2/c1-18-8-10-19(11-9-18)16(20)12-21-15-6-7-17-14-5-3-2-4-13(14)15/h6-7H,2-5,8-12H2,1H3. The van der Waals surface area contributed by atoms with E-state index in [-0.39, 0.29) is 12.5 Å². The van der Waals surface area contributed by atoms with Crippen LogP contribution in [0.3, 0.4) is 0 Å². The van der Waals surface area contributed by atoms with E-state index in [9.17, 15) is 4.79 Å². The van der Waals surface area contributed by atoms with Crippen LogP contribution in [0.4, 0.5) is 0 Å². The third kappa shape index (κ3) is 3.35. The zero-order valence-electron chi connectivity index (χ0n) is 12.7. The highest BCUT2D eigenvalue weighted by atomic mass is 16.5. The molecule has 5 nitrogen and oxygen atoms in total. The minimum Gasteiger partial charge on any atom is -0.483 e. The van der Waals surface area contributed by atoms with E-state index in [2.05, 4.69) is 16.9 Å². The summed E-state index contributed by atoms with van der Waals surface area (Å²) in [5.74, 6) is 0.937. The first kappa shape index (κ1) is 14.3. The number of carbonyl (C=O) groups is 1. The topological polar surface area (TPSA) is 45.7 Å². The molecule has 1 aromatic rings. The highest BCUT2D eigenvalue weighted by Gasteiger charge is 2.20. The summed E-state index contributed by atoms with van der Waals surface area (Å²) in [5, 5.41) is 0. The Balaban J connectivity index is 1.59. The van der Waals surface area contributed by atoms with Gasteiger partial charge in [0.25, 0.3) is 5.91 Å². The van der Waals surface area contributed by atoms with Crippen LogP contribution in [0, 0.1) is 0 Å². The first-order valence-corrected chi connectivity index (χ1v) is 7.80. The van der Waals surface area contributed by atoms with Gasteiger partial charge in [-0.3, -0.25) is 9.78 Å². The first-order valence-electron chi connectivity index (χ1n) is 7.80. The van der Waals surface area contributed by atoms with Gasteiger partial charge >= 0.3 is 0 Å². The normalized spacial score (nSPS) is 19.2. The van der Waals surface area contributed by atoms with Crippen molar-refractivity contribution in [1.82, 2.24) is 14.8 Å². The van der Waals surface area contributed by atoms with E-state index >= 15 is 0 Å². The maximum absolute atomic E-state index is 12.2. The van der Waals surface area contributed by atoms with Gasteiger partial charge in [-0.25, -0.2) is 0 Å². The maximum atomic E-state index is 12.2. The van der Waals surface area contributed by atoms with Crippen molar-refractivity contribution in [3.8, 4) is 5.75 Å². The van der Waals surface area contributed by atoms with Crippen molar-refractivity contribution in [3.05, 3.63) is 23.5 Å². The van der Waals surface area contributed by atoms with Gasteiger partial charge in [-0.2, -0.15) is 0 Å². The molecule has 5 heteroatoms. The predicted molar refractivity (Wildman–Crippen MR) is 80.5 cm³/mol. The van der Waals surface area contributed by atoms with E-state index in [1.165, 1.54) is 18.4 Å². The summed E-state index contributed by atoms with van der Waals surface area (Å²) in [7, 11) is 2.08. The third-order valence-corrected chi connectivity index (χ3v) is 4.40. The van der Waals surface area contributed by atoms with E-state index in [1.54, 1.807) is 6.20 Å². The number of amides is 1. The highest BCUT2D eigenvalue weighted by Crippen LogP contribution is 2.27. The van der Waals surface area contributed by atoms with Gasteiger partial charge in [-0.05, 0) is 38.8 Å². The van der Waals surface area contributed by atoms with Crippen LogP contribution >= 0.6 is 0 Å². The van der Waals surface area contributed by atoms with Gasteiger partial charge in [0.05, 0.1) is 0 Å². The second-order valence-electron chi connectivity index (χ2n) is 5.91. The SMILES string of the molecule is CN1CCN(C(=O)COc2ccnc3c2CCCC3)CC1. The van der Waals surface area contributed by atoms with Crippen LogP contribution in [-0.2, 0) is 17.6 Å². The molecule has 1 aromatic heterocycles. The molecule has 1 aliphatic carbocycles. The molecule has 2 aliphatic rings. The fraction of sp³-hybridized carbons (Fsp3) is 0.625. The van der Waals surface area contributed by atoms with Crippen molar-refractivity contribution in [2.75, 3.05) is 39.8 Å². The molecular weight excluding hydrogens is 266 g/mol. The van der Waals surface area contributed by atoms with E-state index in [4.69, 9.17) is 4.74 Å². The van der Waals surface area contributed by atoms with Crippen LogP contribution in [0.1, 0.15) is 24.1 Å². The molecule has 0 spiro atoms. The third-order valence-electron chi connectivity index (χ3n) is 4.40. The molecule has 3 rings (SSSR count). The number of likely N-dealkylation sites (N-methyl/N-ethyl adjacent to an activating group) is 1. The number of aryl methyl sites for hydroxylation is 1. The minimum absolute atomic E-state index is 0.0875. The lowest BCUT2D eigenvalue weighted by Gasteiger charge is -2.32. The summed E-state index contributed by atoms with van der Waals surface area (Å²) < 4.78 is 5.80. The fourth-order valence-corrected chi connectivity index (χ4v) is 3.01. The van der Waals surface area contributed by atoms with E-state index in [0.29, 0.717) is 0 Å². The number of piperazine rings is 1. The molecule has 1 saturated heterocycles. The minimum atomic E-state index is 0.0875. The van der Waals surface area contributed by atoms with Gasteiger partial charge in [0.1, 0.15) is 5.75 Å². The average Bonchev–Trinajstić information content (AvgIpc) is 2.53. The molecule has 1 aliphatic heterocycles. The number of ether oxygens (including phenoxy) is 1. The Morgan fingerprint density at radius 1 is 1.24 bits per heavy atom. The molecule has 1 amide bonds. The number of fused-ring (bicyclic) bond motifs is 1. The molecule has 2 heterocycles. The van der Waals surface area contributed by atoms with Gasteiger partial charge in [-0.15, -0.1) is 0 Å². The number of carbonyl (C=O) groups excluding carboxylic acids is 1. The van der Waals surface area contributed by atoms with E-state index in [0.717, 1.165) is 50.5 Å². The van der Waals surface area contributed by atoms with Crippen LogP contribution in [0.2, 0.25) is 0 Å². The molecule has 0 radical (unpaired) electrons. The molecule has 0 aromatic carbocycles. The van der Waals surface area contributed by atoms with Crippen LogP contribution in [0.25, 0.3) is 0 Å². The van der Waals surface area contributed by atoms with Crippen LogP contribution < -0.4 is 4.74 Å². The number of nitrogens with zero attached hydrogens (tertiary/aromatic N) is 3. The van der Waals surface area contributed by atoms with Crippen molar-refractivity contribution >= 4 is 5.91 Å². The summed E-state index contributed by atoms with van der Waals surface area (Å²) in [6.07, 6.45) is 6.21. The summed E-state index contributed by atoms with van der Waals surface area (Å²) in [5.41, 5.74) is 2.35. The smallest absolute Gasteiger partial charge is 0.260 e. The summed E-state index contributed by atoms with van der Waals surface area (Å²) in [4.78, 5) is 20.8. The van der Waals surface area contributed by atoms with Gasteiger partial charge in [0, 0.05) is 43.6 Å². The second kappa shape index (κ2) is 6.43. The molecule has 0 unspecified atom stereocenters. The Morgan fingerprint density at radius 3 is 2.81 bits per heavy atom. The van der Waals surface area contributed by atoms with Crippen molar-refractivity contribution in [1.29, 1.82) is 0 Å². The lowest BCUT2D eigenvalue weighted by molar-refractivity contribution is -0.134. The van der Waals surface area contributed by atoms with E-state index < -0.39 is 0 Å². The van der Waals surface area contributed by atoms with Gasteiger partial charge in [0.2, 0.25) is 0 Å². The highest BCUT2D eigenvalue weighted by molar-refractivity contribution is 5.78. The maximum Gasteiger partial charge on any atom is 0.260 e. The van der Waals surface area contributed by atoms with Crippen LogP contribution in [0.5, 0.6) is 5.75 Å². The number of rotatable bonds is 3. The fourth-order valence-electron chi connectivity index (χ4n) is 3.01. The quantitative estimate of drug-likeness (QED) is 0.836. The number of hydrogen-bond donors (Lipinski definition) is 0. The summed E-state index contributed by atoms with van der Waals surface area (Å²) in [6, 6.07) is 1.89. The molecule has 0 saturated carbocycles. The Hall–Kier alpha value is -1.62. The van der Waals surface area contributed by atoms with Crippen LogP contribution in [0.15, 0.2) is 12.3 Å². The molecule has 0 bridgehead atoms. The lowest BCUT2D eigenvalue weighted by atomic mass is 9.95. The summed E-state index contributed by atoms with van der Waals surface area (Å²) in [6.45, 7) is 3.62. The lowest BCUT2D eigenvalue weighted by Crippen LogP contribution is -2.48. The van der Waals surface area contributed by atoms with Crippen molar-refractivity contribution < 1.29 is 9.53 Å². The van der Waals surface area contributed by atoms with Gasteiger partial charge in [0.15, 0.2) is 6.61 Å². The Bertz CT molecular complexity index is 510. The number of pyridine rings is 1. The van der Waals surface area contributed by atoms with Crippen molar-refractivity contribution in [2.24, 2.45) is 0 Å². The van der Waals surface area contributed by atoms with E-state index in [1.807, 2.05) is 11.0 Å². The molecule has 1 fully saturated rings. The first-order chi connectivity index (χ1) is 10.2. The number of hydrogen-bond acceptors (Lipinski definition) is 4. The zero-order chi connectivity index (χ0) is 14.7. The number of aromatic nitrogens is 1.